The van der Waals surface area contributed by atoms with Gasteiger partial charge in [-0.05, 0) is 70.1 Å². The van der Waals surface area contributed by atoms with Gasteiger partial charge in [0, 0.05) is 37.3 Å². The Balaban J connectivity index is 1.75. The van der Waals surface area contributed by atoms with E-state index in [2.05, 4.69) is 17.0 Å². The first-order valence-corrected chi connectivity index (χ1v) is 10.1. The van der Waals surface area contributed by atoms with Gasteiger partial charge in [0.15, 0.2) is 0 Å². The third-order valence-corrected chi connectivity index (χ3v) is 5.61. The van der Waals surface area contributed by atoms with Crippen LogP contribution in [0.5, 0.6) is 0 Å². The molecule has 0 radical (unpaired) electrons. The number of rotatable bonds is 5. The zero-order valence-electron chi connectivity index (χ0n) is 17.8. The number of esters is 1. The van der Waals surface area contributed by atoms with Crippen LogP contribution in [0.15, 0.2) is 24.3 Å². The molecule has 1 aromatic heterocycles. The van der Waals surface area contributed by atoms with Crippen molar-refractivity contribution in [2.45, 2.75) is 33.1 Å². The molecule has 0 N–H and O–H groups in total. The molecule has 7 nitrogen and oxygen atoms in total. The average molecular weight is 399 g/mol. The number of likely N-dealkylation sites (N-methyl/N-ethyl adjacent to an activating group) is 1. The van der Waals surface area contributed by atoms with Crippen molar-refractivity contribution in [3.05, 3.63) is 46.8 Å². The molecular formula is C22H30N4O3. The zero-order valence-corrected chi connectivity index (χ0v) is 17.8. The number of amides is 1. The first-order chi connectivity index (χ1) is 13.9. The lowest BCUT2D eigenvalue weighted by atomic mass is 10.1. The largest absolute Gasteiger partial charge is 0.469 e. The van der Waals surface area contributed by atoms with Crippen LogP contribution < -0.4 is 0 Å². The summed E-state index contributed by atoms with van der Waals surface area (Å²) in [6.45, 7) is 7.44. The summed E-state index contributed by atoms with van der Waals surface area (Å²) in [5, 5.41) is 4.63. The molecule has 0 aliphatic carbocycles. The van der Waals surface area contributed by atoms with Crippen LogP contribution in [0.25, 0.3) is 5.69 Å². The molecule has 1 fully saturated rings. The molecule has 1 saturated heterocycles. The van der Waals surface area contributed by atoms with E-state index in [0.717, 1.165) is 55.2 Å². The van der Waals surface area contributed by atoms with E-state index in [1.807, 2.05) is 47.7 Å². The van der Waals surface area contributed by atoms with Crippen molar-refractivity contribution in [2.24, 2.45) is 0 Å². The Hall–Kier alpha value is -2.67. The van der Waals surface area contributed by atoms with Crippen LogP contribution in [0.3, 0.4) is 0 Å². The lowest BCUT2D eigenvalue weighted by Crippen LogP contribution is -2.34. The number of benzene rings is 1. The number of methoxy groups -OCH3 is 1. The first-order valence-electron chi connectivity index (χ1n) is 10.1. The van der Waals surface area contributed by atoms with Crippen LogP contribution in [-0.4, -0.2) is 71.8 Å². The highest BCUT2D eigenvalue weighted by atomic mass is 16.5. The molecule has 7 heteroatoms. The molecule has 2 aromatic rings. The van der Waals surface area contributed by atoms with Gasteiger partial charge in [0.1, 0.15) is 0 Å². The van der Waals surface area contributed by atoms with E-state index in [9.17, 15) is 9.59 Å². The van der Waals surface area contributed by atoms with Gasteiger partial charge >= 0.3 is 5.97 Å². The summed E-state index contributed by atoms with van der Waals surface area (Å²) in [6, 6.07) is 7.61. The standard InChI is InChI=1S/C22H30N4O3/c1-16-20(10-11-21(27)29-4)17(2)26(23-16)19-8-6-18(7-9-19)22(28)25-13-5-12-24(3)14-15-25/h6-9H,5,10-15H2,1-4H3. The minimum atomic E-state index is -0.223. The predicted molar refractivity (Wildman–Crippen MR) is 111 cm³/mol. The lowest BCUT2D eigenvalue weighted by Gasteiger charge is -2.20. The second-order valence-electron chi connectivity index (χ2n) is 7.63. The Morgan fingerprint density at radius 3 is 2.48 bits per heavy atom. The molecule has 1 amide bonds. The summed E-state index contributed by atoms with van der Waals surface area (Å²) in [6.07, 6.45) is 1.94. The monoisotopic (exact) mass is 398 g/mol. The van der Waals surface area contributed by atoms with E-state index in [4.69, 9.17) is 4.74 Å². The summed E-state index contributed by atoms with van der Waals surface area (Å²) >= 11 is 0. The van der Waals surface area contributed by atoms with Gasteiger partial charge in [-0.2, -0.15) is 5.10 Å². The van der Waals surface area contributed by atoms with Gasteiger partial charge < -0.3 is 14.5 Å². The number of aryl methyl sites for hydroxylation is 1. The molecule has 3 rings (SSSR count). The third kappa shape index (κ3) is 4.85. The lowest BCUT2D eigenvalue weighted by molar-refractivity contribution is -0.140. The average Bonchev–Trinajstić information content (AvgIpc) is 2.87. The number of carbonyl (C=O) groups excluding carboxylic acids is 2. The van der Waals surface area contributed by atoms with Gasteiger partial charge in [0.25, 0.3) is 5.91 Å². The van der Waals surface area contributed by atoms with Gasteiger partial charge in [-0.25, -0.2) is 4.68 Å². The molecule has 0 saturated carbocycles. The molecule has 29 heavy (non-hydrogen) atoms. The summed E-state index contributed by atoms with van der Waals surface area (Å²) < 4.78 is 6.61. The maximum absolute atomic E-state index is 12.9. The normalized spacial score (nSPS) is 15.2. The summed E-state index contributed by atoms with van der Waals surface area (Å²) in [4.78, 5) is 28.5. The third-order valence-electron chi connectivity index (χ3n) is 5.61. The van der Waals surface area contributed by atoms with E-state index < -0.39 is 0 Å². The number of carbonyl (C=O) groups is 2. The molecule has 0 spiro atoms. The fourth-order valence-corrected chi connectivity index (χ4v) is 3.79. The number of aromatic nitrogens is 2. The van der Waals surface area contributed by atoms with Crippen molar-refractivity contribution in [2.75, 3.05) is 40.3 Å². The molecule has 2 heterocycles. The number of ether oxygens (including phenoxy) is 1. The molecule has 0 unspecified atom stereocenters. The van der Waals surface area contributed by atoms with Crippen molar-refractivity contribution in [1.29, 1.82) is 0 Å². The smallest absolute Gasteiger partial charge is 0.305 e. The van der Waals surface area contributed by atoms with Crippen molar-refractivity contribution in [1.82, 2.24) is 19.6 Å². The quantitative estimate of drug-likeness (QED) is 0.724. The van der Waals surface area contributed by atoms with Gasteiger partial charge in [-0.15, -0.1) is 0 Å². The Bertz CT molecular complexity index is 873. The SMILES string of the molecule is COC(=O)CCc1c(C)nn(-c2ccc(C(=O)N3CCCN(C)CC3)cc2)c1C. The summed E-state index contributed by atoms with van der Waals surface area (Å²) in [5.41, 5.74) is 4.57. The number of hydrogen-bond donors (Lipinski definition) is 0. The predicted octanol–water partition coefficient (Wildman–Crippen LogP) is 2.37. The highest BCUT2D eigenvalue weighted by Gasteiger charge is 2.19. The van der Waals surface area contributed by atoms with Crippen molar-refractivity contribution < 1.29 is 14.3 Å². The molecule has 0 bridgehead atoms. The number of nitrogens with zero attached hydrogens (tertiary/aromatic N) is 4. The molecule has 1 aliphatic heterocycles. The Morgan fingerprint density at radius 2 is 1.79 bits per heavy atom. The highest BCUT2D eigenvalue weighted by Crippen LogP contribution is 2.20. The molecule has 1 aromatic carbocycles. The minimum Gasteiger partial charge on any atom is -0.469 e. The highest BCUT2D eigenvalue weighted by molar-refractivity contribution is 5.94. The van der Waals surface area contributed by atoms with Crippen molar-refractivity contribution in [3.8, 4) is 5.69 Å². The fraction of sp³-hybridized carbons (Fsp3) is 0.500. The first kappa shape index (κ1) is 21.0. The maximum atomic E-state index is 12.9. The van der Waals surface area contributed by atoms with E-state index in [0.29, 0.717) is 18.4 Å². The second-order valence-corrected chi connectivity index (χ2v) is 7.63. The number of hydrogen-bond acceptors (Lipinski definition) is 5. The Labute approximate surface area is 172 Å². The second kappa shape index (κ2) is 9.22. The van der Waals surface area contributed by atoms with Crippen LogP contribution in [0.4, 0.5) is 0 Å². The molecular weight excluding hydrogens is 368 g/mol. The van der Waals surface area contributed by atoms with Crippen LogP contribution in [-0.2, 0) is 16.0 Å². The molecule has 1 aliphatic rings. The Morgan fingerprint density at radius 1 is 1.07 bits per heavy atom. The fourth-order valence-electron chi connectivity index (χ4n) is 3.79. The van der Waals surface area contributed by atoms with Crippen LogP contribution in [0.2, 0.25) is 0 Å². The van der Waals surface area contributed by atoms with Gasteiger partial charge in [-0.3, -0.25) is 9.59 Å². The van der Waals surface area contributed by atoms with E-state index in [1.54, 1.807) is 0 Å². The summed E-state index contributed by atoms with van der Waals surface area (Å²) in [5.74, 6) is -0.141. The van der Waals surface area contributed by atoms with Crippen LogP contribution in [0, 0.1) is 13.8 Å². The van der Waals surface area contributed by atoms with Crippen molar-refractivity contribution in [3.63, 3.8) is 0 Å². The maximum Gasteiger partial charge on any atom is 0.305 e. The van der Waals surface area contributed by atoms with Gasteiger partial charge in [0.05, 0.1) is 18.5 Å². The van der Waals surface area contributed by atoms with E-state index in [-0.39, 0.29) is 11.9 Å². The molecule has 156 valence electrons. The van der Waals surface area contributed by atoms with Crippen LogP contribution in [0.1, 0.15) is 40.2 Å². The molecule has 0 atom stereocenters. The van der Waals surface area contributed by atoms with Crippen molar-refractivity contribution >= 4 is 11.9 Å². The topological polar surface area (TPSA) is 67.7 Å². The van der Waals surface area contributed by atoms with Gasteiger partial charge in [-0.1, -0.05) is 0 Å². The summed E-state index contributed by atoms with van der Waals surface area (Å²) in [7, 11) is 3.49. The van der Waals surface area contributed by atoms with Crippen LogP contribution >= 0.6 is 0 Å². The minimum absolute atomic E-state index is 0.0824. The zero-order chi connectivity index (χ0) is 21.0. The Kier molecular flexibility index (Phi) is 6.69. The van der Waals surface area contributed by atoms with Gasteiger partial charge in [0.2, 0.25) is 0 Å². The van der Waals surface area contributed by atoms with E-state index >= 15 is 0 Å². The van der Waals surface area contributed by atoms with E-state index in [1.165, 1.54) is 7.11 Å².